The maximum Gasteiger partial charge on any atom is 0.282 e. The van der Waals surface area contributed by atoms with Gasteiger partial charge in [-0.3, -0.25) is 9.59 Å². The van der Waals surface area contributed by atoms with E-state index in [0.717, 1.165) is 11.1 Å². The number of imide groups is 1. The Morgan fingerprint density at radius 1 is 0.706 bits per heavy atom. The second kappa shape index (κ2) is 9.31. The van der Waals surface area contributed by atoms with Gasteiger partial charge >= 0.3 is 0 Å². The number of benzene rings is 3. The van der Waals surface area contributed by atoms with Gasteiger partial charge in [0, 0.05) is 6.07 Å². The Morgan fingerprint density at radius 2 is 1.38 bits per heavy atom. The first-order valence-corrected chi connectivity index (χ1v) is 10.7. The number of carbonyl (C=O) groups excluding carboxylic acids is 2. The van der Waals surface area contributed by atoms with Crippen LogP contribution in [-0.4, -0.2) is 33.1 Å². The van der Waals surface area contributed by atoms with Crippen LogP contribution in [0.5, 0.6) is 17.2 Å². The van der Waals surface area contributed by atoms with Gasteiger partial charge in [-0.2, -0.15) is 0 Å². The number of hydrogen-bond donors (Lipinski definition) is 1. The van der Waals surface area contributed by atoms with E-state index in [4.69, 9.17) is 14.2 Å². The van der Waals surface area contributed by atoms with E-state index in [0.29, 0.717) is 34.2 Å². The summed E-state index contributed by atoms with van der Waals surface area (Å²) in [6.07, 6.45) is 0. The fraction of sp³-hybridized carbons (Fsp3) is 0.185. The smallest absolute Gasteiger partial charge is 0.282 e. The Labute approximate surface area is 198 Å². The lowest BCUT2D eigenvalue weighted by molar-refractivity contribution is -0.120. The molecule has 3 aromatic rings. The highest BCUT2D eigenvalue weighted by Crippen LogP contribution is 2.37. The molecule has 0 radical (unpaired) electrons. The molecule has 7 nitrogen and oxygen atoms in total. The van der Waals surface area contributed by atoms with Crippen LogP contribution in [0.4, 0.5) is 11.4 Å². The molecule has 1 heterocycles. The van der Waals surface area contributed by atoms with Crippen LogP contribution >= 0.6 is 0 Å². The van der Waals surface area contributed by atoms with E-state index >= 15 is 0 Å². The number of nitrogens with one attached hydrogen (secondary N) is 1. The number of anilines is 2. The maximum absolute atomic E-state index is 13.6. The zero-order valence-electron chi connectivity index (χ0n) is 19.8. The highest BCUT2D eigenvalue weighted by molar-refractivity contribution is 6.46. The predicted octanol–water partition coefficient (Wildman–Crippen LogP) is 4.73. The number of nitrogens with zero attached hydrogens (tertiary/aromatic N) is 1. The number of carbonyl (C=O) groups is 2. The average Bonchev–Trinajstić information content (AvgIpc) is 3.10. The minimum atomic E-state index is -0.447. The van der Waals surface area contributed by atoms with Crippen LogP contribution in [0.2, 0.25) is 0 Å². The molecule has 0 spiro atoms. The van der Waals surface area contributed by atoms with E-state index in [9.17, 15) is 9.59 Å². The molecule has 2 amide bonds. The molecule has 0 fully saturated rings. The molecule has 174 valence electrons. The Kier molecular flexibility index (Phi) is 6.27. The van der Waals surface area contributed by atoms with Crippen LogP contribution < -0.4 is 24.4 Å². The SMILES string of the molecule is COc1ccc(C2=C(Nc3ccc(OC)cc3OC)C(=O)N(c3ccc(C)c(C)c3)C2=O)cc1. The molecule has 0 saturated carbocycles. The largest absolute Gasteiger partial charge is 0.497 e. The maximum atomic E-state index is 13.6. The van der Waals surface area contributed by atoms with Crippen LogP contribution in [0.15, 0.2) is 66.4 Å². The fourth-order valence-corrected chi connectivity index (χ4v) is 3.81. The number of hydrogen-bond acceptors (Lipinski definition) is 6. The quantitative estimate of drug-likeness (QED) is 0.516. The molecule has 34 heavy (non-hydrogen) atoms. The van der Waals surface area contributed by atoms with Crippen molar-refractivity contribution in [3.8, 4) is 17.2 Å². The molecule has 0 bridgehead atoms. The van der Waals surface area contributed by atoms with Crippen molar-refractivity contribution in [2.24, 2.45) is 0 Å². The second-order valence-electron chi connectivity index (χ2n) is 7.88. The molecule has 0 atom stereocenters. The Balaban J connectivity index is 1.83. The van der Waals surface area contributed by atoms with Gasteiger partial charge in [0.2, 0.25) is 0 Å². The van der Waals surface area contributed by atoms with Crippen LogP contribution in [-0.2, 0) is 9.59 Å². The van der Waals surface area contributed by atoms with Gasteiger partial charge in [0.05, 0.1) is 38.3 Å². The highest BCUT2D eigenvalue weighted by Gasteiger charge is 2.40. The van der Waals surface area contributed by atoms with Crippen LogP contribution in [0.1, 0.15) is 16.7 Å². The lowest BCUT2D eigenvalue weighted by Crippen LogP contribution is -2.32. The summed E-state index contributed by atoms with van der Waals surface area (Å²) in [7, 11) is 4.66. The van der Waals surface area contributed by atoms with Crippen molar-refractivity contribution in [2.45, 2.75) is 13.8 Å². The van der Waals surface area contributed by atoms with E-state index in [1.54, 1.807) is 62.8 Å². The number of aryl methyl sites for hydroxylation is 2. The molecule has 0 saturated heterocycles. The number of rotatable bonds is 7. The van der Waals surface area contributed by atoms with Crippen molar-refractivity contribution in [3.63, 3.8) is 0 Å². The number of amides is 2. The zero-order valence-corrected chi connectivity index (χ0v) is 19.8. The Hall–Kier alpha value is -4.26. The summed E-state index contributed by atoms with van der Waals surface area (Å²) in [6, 6.07) is 17.7. The van der Waals surface area contributed by atoms with Crippen molar-refractivity contribution in [3.05, 3.63) is 83.1 Å². The molecule has 3 aromatic carbocycles. The van der Waals surface area contributed by atoms with Gasteiger partial charge in [-0.1, -0.05) is 18.2 Å². The summed E-state index contributed by atoms with van der Waals surface area (Å²) in [6.45, 7) is 3.93. The molecule has 1 N–H and O–H groups in total. The van der Waals surface area contributed by atoms with Gasteiger partial charge in [0.1, 0.15) is 22.9 Å². The lowest BCUT2D eigenvalue weighted by Gasteiger charge is -2.17. The standard InChI is InChI=1S/C27H26N2O5/c1-16-6-9-19(14-17(16)2)29-26(30)24(18-7-10-20(32-3)11-8-18)25(27(29)31)28-22-13-12-21(33-4)15-23(22)34-5/h6-15,28H,1-5H3. The number of ether oxygens (including phenoxy) is 3. The summed E-state index contributed by atoms with van der Waals surface area (Å²) < 4.78 is 16.0. The van der Waals surface area contributed by atoms with Gasteiger partial charge in [-0.05, 0) is 66.9 Å². The first-order valence-electron chi connectivity index (χ1n) is 10.7. The van der Waals surface area contributed by atoms with Crippen LogP contribution in [0, 0.1) is 13.8 Å². The van der Waals surface area contributed by atoms with E-state index in [2.05, 4.69) is 5.32 Å². The molecule has 0 aliphatic carbocycles. The predicted molar refractivity (Wildman–Crippen MR) is 131 cm³/mol. The first kappa shape index (κ1) is 22.9. The van der Waals surface area contributed by atoms with E-state index in [1.807, 2.05) is 26.0 Å². The third-order valence-corrected chi connectivity index (χ3v) is 5.88. The van der Waals surface area contributed by atoms with Gasteiger partial charge in [0.25, 0.3) is 11.8 Å². The summed E-state index contributed by atoms with van der Waals surface area (Å²) in [4.78, 5) is 28.5. The fourth-order valence-electron chi connectivity index (χ4n) is 3.81. The second-order valence-corrected chi connectivity index (χ2v) is 7.88. The highest BCUT2D eigenvalue weighted by atomic mass is 16.5. The van der Waals surface area contributed by atoms with Gasteiger partial charge in [0.15, 0.2) is 0 Å². The first-order chi connectivity index (χ1) is 16.4. The Morgan fingerprint density at radius 3 is 2.00 bits per heavy atom. The van der Waals surface area contributed by atoms with Crippen LogP contribution in [0.25, 0.3) is 5.57 Å². The molecule has 4 rings (SSSR count). The molecule has 0 unspecified atom stereocenters. The summed E-state index contributed by atoms with van der Waals surface area (Å²) in [5, 5.41) is 3.15. The molecule has 1 aliphatic heterocycles. The van der Waals surface area contributed by atoms with Crippen molar-refractivity contribution < 1.29 is 23.8 Å². The van der Waals surface area contributed by atoms with Gasteiger partial charge in [-0.15, -0.1) is 0 Å². The molecule has 7 heteroatoms. The van der Waals surface area contributed by atoms with E-state index < -0.39 is 11.8 Å². The zero-order chi connectivity index (χ0) is 24.4. The summed E-state index contributed by atoms with van der Waals surface area (Å²) >= 11 is 0. The van der Waals surface area contributed by atoms with Crippen molar-refractivity contribution in [1.29, 1.82) is 0 Å². The van der Waals surface area contributed by atoms with Gasteiger partial charge in [-0.25, -0.2) is 4.90 Å². The molecular weight excluding hydrogens is 432 g/mol. The minimum absolute atomic E-state index is 0.164. The Bertz CT molecular complexity index is 1290. The summed E-state index contributed by atoms with van der Waals surface area (Å²) in [5.41, 5.74) is 4.14. The average molecular weight is 459 g/mol. The third kappa shape index (κ3) is 4.08. The van der Waals surface area contributed by atoms with Gasteiger partial charge < -0.3 is 19.5 Å². The van der Waals surface area contributed by atoms with Crippen molar-refractivity contribution >= 4 is 28.8 Å². The third-order valence-electron chi connectivity index (χ3n) is 5.88. The van der Waals surface area contributed by atoms with E-state index in [-0.39, 0.29) is 11.3 Å². The monoisotopic (exact) mass is 458 g/mol. The number of methoxy groups -OCH3 is 3. The molecular formula is C27H26N2O5. The van der Waals surface area contributed by atoms with Crippen molar-refractivity contribution in [1.82, 2.24) is 0 Å². The molecule has 0 aromatic heterocycles. The van der Waals surface area contributed by atoms with Crippen LogP contribution in [0.3, 0.4) is 0 Å². The van der Waals surface area contributed by atoms with Crippen molar-refractivity contribution in [2.75, 3.05) is 31.5 Å². The minimum Gasteiger partial charge on any atom is -0.497 e. The lowest BCUT2D eigenvalue weighted by atomic mass is 10.0. The topological polar surface area (TPSA) is 77.1 Å². The normalized spacial score (nSPS) is 13.4. The molecule has 1 aliphatic rings. The van der Waals surface area contributed by atoms with E-state index in [1.165, 1.54) is 12.0 Å². The summed E-state index contributed by atoms with van der Waals surface area (Å²) in [5.74, 6) is 0.881.